The highest BCUT2D eigenvalue weighted by atomic mass is 35.5. The Kier molecular flexibility index (Phi) is 8.54. The van der Waals surface area contributed by atoms with E-state index >= 15 is 0 Å². The van der Waals surface area contributed by atoms with Crippen molar-refractivity contribution in [2.24, 2.45) is 0 Å². The molecular formula is C19H27ClN2O4. The number of nitrogens with zero attached hydrogens (tertiary/aromatic N) is 2. The van der Waals surface area contributed by atoms with Crippen LogP contribution in [-0.2, 0) is 9.53 Å². The van der Waals surface area contributed by atoms with Crippen LogP contribution in [0.5, 0.6) is 5.75 Å². The lowest BCUT2D eigenvalue weighted by Crippen LogP contribution is -2.50. The van der Waals surface area contributed by atoms with Gasteiger partial charge in [0.05, 0.1) is 18.2 Å². The topological polar surface area (TPSA) is 59.1 Å². The van der Waals surface area contributed by atoms with Gasteiger partial charge in [-0.2, -0.15) is 0 Å². The van der Waals surface area contributed by atoms with Crippen LogP contribution in [0.4, 0.5) is 4.79 Å². The van der Waals surface area contributed by atoms with Crippen molar-refractivity contribution in [3.05, 3.63) is 29.3 Å². The van der Waals surface area contributed by atoms with Crippen LogP contribution in [0.15, 0.2) is 24.3 Å². The molecule has 26 heavy (non-hydrogen) atoms. The number of carbonyl (C=O) groups is 2. The second-order valence-corrected chi connectivity index (χ2v) is 6.63. The number of hydrogen-bond donors (Lipinski definition) is 0. The predicted octanol–water partition coefficient (Wildman–Crippen LogP) is 3.58. The zero-order valence-corrected chi connectivity index (χ0v) is 16.0. The van der Waals surface area contributed by atoms with Crippen LogP contribution in [0.2, 0.25) is 5.02 Å². The molecule has 2 amide bonds. The average molecular weight is 383 g/mol. The molecule has 0 spiro atoms. The van der Waals surface area contributed by atoms with E-state index in [1.165, 1.54) is 0 Å². The molecule has 0 N–H and O–H groups in total. The molecular weight excluding hydrogens is 356 g/mol. The summed E-state index contributed by atoms with van der Waals surface area (Å²) in [6.45, 7) is 5.09. The van der Waals surface area contributed by atoms with Crippen molar-refractivity contribution in [3.63, 3.8) is 0 Å². The molecule has 0 bridgehead atoms. The SMILES string of the molecule is CCCCOC(=O)N1CCN(C(=O)CCCOc2ccccc2Cl)CC1. The van der Waals surface area contributed by atoms with Crippen molar-refractivity contribution in [3.8, 4) is 5.75 Å². The quantitative estimate of drug-likeness (QED) is 0.645. The summed E-state index contributed by atoms with van der Waals surface area (Å²) in [4.78, 5) is 27.6. The van der Waals surface area contributed by atoms with Gasteiger partial charge in [-0.05, 0) is 25.0 Å². The summed E-state index contributed by atoms with van der Waals surface area (Å²) in [5, 5.41) is 0.570. The van der Waals surface area contributed by atoms with Gasteiger partial charge in [0, 0.05) is 32.6 Å². The fourth-order valence-electron chi connectivity index (χ4n) is 2.66. The molecule has 0 radical (unpaired) electrons. The molecule has 1 fully saturated rings. The maximum absolute atomic E-state index is 12.3. The Balaban J connectivity index is 1.62. The Morgan fingerprint density at radius 2 is 1.73 bits per heavy atom. The van der Waals surface area contributed by atoms with E-state index in [9.17, 15) is 9.59 Å². The van der Waals surface area contributed by atoms with Crippen molar-refractivity contribution in [2.45, 2.75) is 32.6 Å². The normalized spacial score (nSPS) is 14.2. The second kappa shape index (κ2) is 10.9. The number of carbonyl (C=O) groups excluding carboxylic acids is 2. The molecule has 144 valence electrons. The molecule has 0 atom stereocenters. The summed E-state index contributed by atoms with van der Waals surface area (Å²) < 4.78 is 10.8. The minimum absolute atomic E-state index is 0.0896. The van der Waals surface area contributed by atoms with Crippen LogP contribution in [0.25, 0.3) is 0 Å². The Hall–Kier alpha value is -1.95. The smallest absolute Gasteiger partial charge is 0.409 e. The lowest BCUT2D eigenvalue weighted by Gasteiger charge is -2.34. The Morgan fingerprint density at radius 1 is 1.04 bits per heavy atom. The molecule has 0 aromatic heterocycles. The number of para-hydroxylation sites is 1. The first kappa shape index (κ1) is 20.4. The van der Waals surface area contributed by atoms with Gasteiger partial charge in [0.15, 0.2) is 0 Å². The van der Waals surface area contributed by atoms with Crippen molar-refractivity contribution in [1.82, 2.24) is 9.80 Å². The van der Waals surface area contributed by atoms with Crippen LogP contribution in [0.3, 0.4) is 0 Å². The van der Waals surface area contributed by atoms with Crippen LogP contribution in [0, 0.1) is 0 Å². The summed E-state index contributed by atoms with van der Waals surface area (Å²) in [7, 11) is 0. The number of unbranched alkanes of at least 4 members (excludes halogenated alkanes) is 1. The van der Waals surface area contributed by atoms with Gasteiger partial charge in [-0.25, -0.2) is 4.79 Å². The summed E-state index contributed by atoms with van der Waals surface area (Å²) in [6.07, 6.45) is 2.64. The zero-order chi connectivity index (χ0) is 18.8. The van der Waals surface area contributed by atoms with Gasteiger partial charge in [0.1, 0.15) is 5.75 Å². The Bertz CT molecular complexity index is 589. The number of halogens is 1. The van der Waals surface area contributed by atoms with E-state index in [4.69, 9.17) is 21.1 Å². The molecule has 1 aliphatic heterocycles. The molecule has 1 heterocycles. The molecule has 1 aliphatic rings. The molecule has 1 aromatic carbocycles. The van der Waals surface area contributed by atoms with Crippen molar-refractivity contribution >= 4 is 23.6 Å². The molecule has 6 nitrogen and oxygen atoms in total. The Labute approximate surface area is 160 Å². The minimum atomic E-state index is -0.279. The lowest BCUT2D eigenvalue weighted by atomic mass is 10.2. The van der Waals surface area contributed by atoms with E-state index in [1.54, 1.807) is 15.9 Å². The van der Waals surface area contributed by atoms with E-state index in [0.717, 1.165) is 12.8 Å². The molecule has 0 unspecified atom stereocenters. The first-order valence-electron chi connectivity index (χ1n) is 9.18. The van der Waals surface area contributed by atoms with Gasteiger partial charge >= 0.3 is 6.09 Å². The number of hydrogen-bond acceptors (Lipinski definition) is 4. The van der Waals surface area contributed by atoms with Crippen LogP contribution in [-0.4, -0.2) is 61.2 Å². The third-order valence-corrected chi connectivity index (χ3v) is 4.56. The van der Waals surface area contributed by atoms with Gasteiger partial charge < -0.3 is 19.3 Å². The average Bonchev–Trinajstić information content (AvgIpc) is 2.66. The van der Waals surface area contributed by atoms with Crippen LogP contribution in [0.1, 0.15) is 32.6 Å². The fourth-order valence-corrected chi connectivity index (χ4v) is 2.85. The highest BCUT2D eigenvalue weighted by Gasteiger charge is 2.24. The highest BCUT2D eigenvalue weighted by molar-refractivity contribution is 6.32. The monoisotopic (exact) mass is 382 g/mol. The van der Waals surface area contributed by atoms with Crippen LogP contribution < -0.4 is 4.74 Å². The van der Waals surface area contributed by atoms with Gasteiger partial charge in [-0.1, -0.05) is 37.1 Å². The zero-order valence-electron chi connectivity index (χ0n) is 15.3. The maximum Gasteiger partial charge on any atom is 0.409 e. The fraction of sp³-hybridized carbons (Fsp3) is 0.579. The van der Waals surface area contributed by atoms with E-state index in [2.05, 4.69) is 6.92 Å². The molecule has 0 saturated carbocycles. The van der Waals surface area contributed by atoms with E-state index in [1.807, 2.05) is 18.2 Å². The summed E-state index contributed by atoms with van der Waals surface area (Å²) in [5.74, 6) is 0.726. The van der Waals surface area contributed by atoms with Crippen LogP contribution >= 0.6 is 11.6 Å². The largest absolute Gasteiger partial charge is 0.492 e. The first-order chi connectivity index (χ1) is 12.6. The third kappa shape index (κ3) is 6.41. The Morgan fingerprint density at radius 3 is 2.42 bits per heavy atom. The summed E-state index contributed by atoms with van der Waals surface area (Å²) in [6, 6.07) is 7.29. The van der Waals surface area contributed by atoms with Gasteiger partial charge in [0.2, 0.25) is 5.91 Å². The summed E-state index contributed by atoms with van der Waals surface area (Å²) >= 11 is 6.02. The molecule has 1 saturated heterocycles. The number of piperazine rings is 1. The van der Waals surface area contributed by atoms with Crippen molar-refractivity contribution < 1.29 is 19.1 Å². The molecule has 2 rings (SSSR count). The minimum Gasteiger partial charge on any atom is -0.492 e. The van der Waals surface area contributed by atoms with Crippen molar-refractivity contribution in [2.75, 3.05) is 39.4 Å². The molecule has 0 aliphatic carbocycles. The van der Waals surface area contributed by atoms with Crippen molar-refractivity contribution in [1.29, 1.82) is 0 Å². The first-order valence-corrected chi connectivity index (χ1v) is 9.56. The molecule has 7 heteroatoms. The lowest BCUT2D eigenvalue weighted by molar-refractivity contribution is -0.133. The van der Waals surface area contributed by atoms with Gasteiger partial charge in [-0.15, -0.1) is 0 Å². The number of rotatable bonds is 8. The summed E-state index contributed by atoms with van der Waals surface area (Å²) in [5.41, 5.74) is 0. The highest BCUT2D eigenvalue weighted by Crippen LogP contribution is 2.23. The standard InChI is InChI=1S/C19H27ClN2O4/c1-2-3-14-26-19(24)22-12-10-21(11-13-22)18(23)9-6-15-25-17-8-5-4-7-16(17)20/h4-5,7-8H,2-3,6,9-15H2,1H3. The number of ether oxygens (including phenoxy) is 2. The van der Waals surface area contributed by atoms with E-state index < -0.39 is 0 Å². The maximum atomic E-state index is 12.3. The van der Waals surface area contributed by atoms with Gasteiger partial charge in [-0.3, -0.25) is 4.79 Å². The number of amides is 2. The van der Waals surface area contributed by atoms with E-state index in [0.29, 0.717) is 63.0 Å². The third-order valence-electron chi connectivity index (χ3n) is 4.24. The van der Waals surface area contributed by atoms with Gasteiger partial charge in [0.25, 0.3) is 0 Å². The van der Waals surface area contributed by atoms with E-state index in [-0.39, 0.29) is 12.0 Å². The molecule has 1 aromatic rings. The number of benzene rings is 1. The predicted molar refractivity (Wildman–Crippen MR) is 101 cm³/mol. The second-order valence-electron chi connectivity index (χ2n) is 6.22.